The van der Waals surface area contributed by atoms with Gasteiger partial charge in [-0.05, 0) is 6.92 Å². The van der Waals surface area contributed by atoms with Crippen LogP contribution in [0.1, 0.15) is 26.8 Å². The Bertz CT molecular complexity index is 380. The Labute approximate surface area is 73.4 Å². The number of carboxylic acids is 2. The number of imidazole rings is 1. The van der Waals surface area contributed by atoms with Crippen LogP contribution in [0, 0.1) is 6.92 Å². The van der Waals surface area contributed by atoms with Crippen molar-refractivity contribution in [3.8, 4) is 0 Å². The molecule has 1 heterocycles. The van der Waals surface area contributed by atoms with Crippen molar-refractivity contribution in [2.45, 2.75) is 6.92 Å². The van der Waals surface area contributed by atoms with Crippen LogP contribution in [0.25, 0.3) is 0 Å². The van der Waals surface area contributed by atoms with Crippen LogP contribution in [-0.4, -0.2) is 31.7 Å². The maximum atomic E-state index is 10.6. The van der Waals surface area contributed by atoms with Gasteiger partial charge in [-0.3, -0.25) is 0 Å². The summed E-state index contributed by atoms with van der Waals surface area (Å²) in [7, 11) is 1.46. The Morgan fingerprint density at radius 1 is 1.31 bits per heavy atom. The highest BCUT2D eigenvalue weighted by Gasteiger charge is 2.23. The molecule has 6 nitrogen and oxygen atoms in total. The van der Waals surface area contributed by atoms with Gasteiger partial charge < -0.3 is 14.8 Å². The molecule has 13 heavy (non-hydrogen) atoms. The van der Waals surface area contributed by atoms with Gasteiger partial charge in [0.2, 0.25) is 0 Å². The second-order valence-electron chi connectivity index (χ2n) is 2.53. The van der Waals surface area contributed by atoms with Gasteiger partial charge in [0.15, 0.2) is 11.4 Å². The van der Waals surface area contributed by atoms with E-state index in [1.54, 1.807) is 6.92 Å². The van der Waals surface area contributed by atoms with E-state index in [0.717, 1.165) is 0 Å². The predicted molar refractivity (Wildman–Crippen MR) is 41.9 cm³/mol. The Kier molecular flexibility index (Phi) is 2.05. The first-order valence-electron chi connectivity index (χ1n) is 3.45. The number of aromatic nitrogens is 2. The molecule has 0 saturated heterocycles. The normalized spacial score (nSPS) is 10.0. The summed E-state index contributed by atoms with van der Waals surface area (Å²) in [5.41, 5.74) is -0.725. The molecule has 0 aliphatic heterocycles. The van der Waals surface area contributed by atoms with Crippen molar-refractivity contribution >= 4 is 11.9 Å². The fraction of sp³-hybridized carbons (Fsp3) is 0.286. The number of hydrogen-bond acceptors (Lipinski definition) is 3. The lowest BCUT2D eigenvalue weighted by atomic mass is 10.3. The van der Waals surface area contributed by atoms with Crippen LogP contribution in [0.2, 0.25) is 0 Å². The van der Waals surface area contributed by atoms with Gasteiger partial charge in [-0.25, -0.2) is 14.6 Å². The predicted octanol–water partition coefficient (Wildman–Crippen LogP) is 0.125. The molecule has 0 aromatic carbocycles. The van der Waals surface area contributed by atoms with Crippen molar-refractivity contribution in [1.29, 1.82) is 0 Å². The van der Waals surface area contributed by atoms with Gasteiger partial charge >= 0.3 is 11.9 Å². The number of aromatic carboxylic acids is 2. The highest BCUT2D eigenvalue weighted by Crippen LogP contribution is 2.09. The molecule has 0 saturated carbocycles. The zero-order valence-electron chi connectivity index (χ0n) is 7.11. The van der Waals surface area contributed by atoms with E-state index in [-0.39, 0.29) is 5.69 Å². The number of nitrogens with zero attached hydrogens (tertiary/aromatic N) is 2. The minimum Gasteiger partial charge on any atom is -0.476 e. The van der Waals surface area contributed by atoms with Crippen molar-refractivity contribution in [1.82, 2.24) is 9.55 Å². The first-order chi connectivity index (χ1) is 5.95. The Morgan fingerprint density at radius 3 is 2.15 bits per heavy atom. The van der Waals surface area contributed by atoms with Crippen LogP contribution in [0.15, 0.2) is 0 Å². The standard InChI is InChI=1S/C7H8N2O4/c1-3-8-4(6(10)11)5(7(12)13)9(3)2/h1-2H3,(H,10,11)(H,12,13). The van der Waals surface area contributed by atoms with E-state index in [2.05, 4.69) is 4.98 Å². The Hall–Kier alpha value is -1.85. The molecular weight excluding hydrogens is 176 g/mol. The smallest absolute Gasteiger partial charge is 0.357 e. The van der Waals surface area contributed by atoms with Gasteiger partial charge in [-0.1, -0.05) is 0 Å². The van der Waals surface area contributed by atoms with Crippen molar-refractivity contribution in [3.63, 3.8) is 0 Å². The highest BCUT2D eigenvalue weighted by molar-refractivity contribution is 5.99. The number of rotatable bonds is 2. The summed E-state index contributed by atoms with van der Waals surface area (Å²) in [6, 6.07) is 0. The molecule has 0 bridgehead atoms. The van der Waals surface area contributed by atoms with Crippen molar-refractivity contribution in [3.05, 3.63) is 17.2 Å². The van der Waals surface area contributed by atoms with Crippen molar-refractivity contribution < 1.29 is 19.8 Å². The van der Waals surface area contributed by atoms with Gasteiger partial charge in [0.1, 0.15) is 5.82 Å². The van der Waals surface area contributed by atoms with E-state index in [1.807, 2.05) is 0 Å². The molecule has 1 rings (SSSR count). The van der Waals surface area contributed by atoms with Crippen molar-refractivity contribution in [2.24, 2.45) is 7.05 Å². The summed E-state index contributed by atoms with van der Waals surface area (Å²) in [5, 5.41) is 17.3. The van der Waals surface area contributed by atoms with E-state index in [4.69, 9.17) is 10.2 Å². The summed E-state index contributed by atoms with van der Waals surface area (Å²) in [6.45, 7) is 1.54. The van der Waals surface area contributed by atoms with Crippen LogP contribution in [0.5, 0.6) is 0 Å². The number of aryl methyl sites for hydroxylation is 1. The molecule has 0 radical (unpaired) electrons. The summed E-state index contributed by atoms with van der Waals surface area (Å²) < 4.78 is 1.23. The molecule has 0 unspecified atom stereocenters. The Morgan fingerprint density at radius 2 is 1.85 bits per heavy atom. The molecule has 1 aromatic rings. The third kappa shape index (κ3) is 1.37. The van der Waals surface area contributed by atoms with Gasteiger partial charge in [0, 0.05) is 7.05 Å². The third-order valence-corrected chi connectivity index (χ3v) is 1.72. The molecule has 0 aliphatic carbocycles. The first kappa shape index (κ1) is 9.24. The topological polar surface area (TPSA) is 92.4 Å². The van der Waals surface area contributed by atoms with E-state index >= 15 is 0 Å². The van der Waals surface area contributed by atoms with Crippen LogP contribution in [0.4, 0.5) is 0 Å². The van der Waals surface area contributed by atoms with E-state index in [1.165, 1.54) is 11.6 Å². The minimum atomic E-state index is -1.33. The number of carboxylic acid groups (broad SMARTS) is 2. The molecule has 0 fully saturated rings. The quantitative estimate of drug-likeness (QED) is 0.681. The molecule has 6 heteroatoms. The molecule has 0 atom stereocenters. The fourth-order valence-electron chi connectivity index (χ4n) is 1.00. The van der Waals surface area contributed by atoms with Crippen LogP contribution < -0.4 is 0 Å². The third-order valence-electron chi connectivity index (χ3n) is 1.72. The molecule has 0 aliphatic rings. The maximum absolute atomic E-state index is 10.6. The maximum Gasteiger partial charge on any atom is 0.357 e. The second-order valence-corrected chi connectivity index (χ2v) is 2.53. The lowest BCUT2D eigenvalue weighted by Crippen LogP contribution is -2.11. The lowest BCUT2D eigenvalue weighted by Gasteiger charge is -1.97. The largest absolute Gasteiger partial charge is 0.476 e. The molecule has 70 valence electrons. The van der Waals surface area contributed by atoms with Gasteiger partial charge in [0.05, 0.1) is 0 Å². The number of carbonyl (C=O) groups is 2. The average Bonchev–Trinajstić information content (AvgIpc) is 2.28. The molecule has 2 N–H and O–H groups in total. The minimum absolute atomic E-state index is 0.301. The van der Waals surface area contributed by atoms with E-state index < -0.39 is 17.6 Å². The summed E-state index contributed by atoms with van der Waals surface area (Å²) in [5.74, 6) is -2.27. The second kappa shape index (κ2) is 2.89. The molecule has 1 aromatic heterocycles. The molecular formula is C7H8N2O4. The van der Waals surface area contributed by atoms with E-state index in [9.17, 15) is 9.59 Å². The van der Waals surface area contributed by atoms with E-state index in [0.29, 0.717) is 5.82 Å². The highest BCUT2D eigenvalue weighted by atomic mass is 16.4. The lowest BCUT2D eigenvalue weighted by molar-refractivity contribution is 0.0641. The van der Waals surface area contributed by atoms with Crippen LogP contribution >= 0.6 is 0 Å². The Balaban J connectivity index is 3.44. The van der Waals surface area contributed by atoms with Gasteiger partial charge in [0.25, 0.3) is 0 Å². The summed E-state index contributed by atoms with van der Waals surface area (Å²) >= 11 is 0. The fourth-order valence-corrected chi connectivity index (χ4v) is 1.00. The van der Waals surface area contributed by atoms with Gasteiger partial charge in [-0.2, -0.15) is 0 Å². The zero-order valence-corrected chi connectivity index (χ0v) is 7.11. The number of hydrogen-bond donors (Lipinski definition) is 2. The first-order valence-corrected chi connectivity index (χ1v) is 3.45. The SMILES string of the molecule is Cc1nc(C(=O)O)c(C(=O)O)n1C. The molecule has 0 spiro atoms. The van der Waals surface area contributed by atoms with Crippen LogP contribution in [-0.2, 0) is 7.05 Å². The average molecular weight is 184 g/mol. The van der Waals surface area contributed by atoms with Crippen LogP contribution in [0.3, 0.4) is 0 Å². The molecule has 0 amide bonds. The summed E-state index contributed by atoms with van der Waals surface area (Å²) in [6.07, 6.45) is 0. The van der Waals surface area contributed by atoms with Crippen molar-refractivity contribution in [2.75, 3.05) is 0 Å². The van der Waals surface area contributed by atoms with Gasteiger partial charge in [-0.15, -0.1) is 0 Å². The summed E-state index contributed by atoms with van der Waals surface area (Å²) in [4.78, 5) is 24.8. The zero-order chi connectivity index (χ0) is 10.2. The monoisotopic (exact) mass is 184 g/mol.